The standard InChI is InChI=1S/C22H22BrN3O3/c1-28-19-10-9-17(14-20(19)29-2)24-22(27)26-13-12-25-11-3-4-18(25)21(26)15-5-7-16(23)8-6-15/h3-11,14,21H,12-13H2,1-2H3,(H,24,27)/t21-/m1/s1. The third-order valence-electron chi connectivity index (χ3n) is 5.12. The van der Waals surface area contributed by atoms with E-state index in [9.17, 15) is 4.79 Å². The number of urea groups is 1. The van der Waals surface area contributed by atoms with Crippen LogP contribution in [-0.4, -0.2) is 36.3 Å². The lowest BCUT2D eigenvalue weighted by Crippen LogP contribution is -2.44. The first-order valence-electron chi connectivity index (χ1n) is 9.31. The van der Waals surface area contributed by atoms with Crippen molar-refractivity contribution in [2.45, 2.75) is 12.6 Å². The van der Waals surface area contributed by atoms with E-state index in [-0.39, 0.29) is 12.1 Å². The summed E-state index contributed by atoms with van der Waals surface area (Å²) >= 11 is 3.49. The van der Waals surface area contributed by atoms with Gasteiger partial charge in [-0.3, -0.25) is 0 Å². The van der Waals surface area contributed by atoms with E-state index in [1.807, 2.05) is 35.2 Å². The summed E-state index contributed by atoms with van der Waals surface area (Å²) < 4.78 is 13.8. The van der Waals surface area contributed by atoms with E-state index in [0.717, 1.165) is 22.3 Å². The van der Waals surface area contributed by atoms with Crippen LogP contribution in [0.2, 0.25) is 0 Å². The quantitative estimate of drug-likeness (QED) is 0.608. The number of hydrogen-bond donors (Lipinski definition) is 1. The summed E-state index contributed by atoms with van der Waals surface area (Å²) in [5.74, 6) is 1.19. The Morgan fingerprint density at radius 3 is 2.52 bits per heavy atom. The number of nitrogens with one attached hydrogen (secondary N) is 1. The molecular formula is C22H22BrN3O3. The summed E-state index contributed by atoms with van der Waals surface area (Å²) in [4.78, 5) is 15.1. The molecule has 1 aliphatic rings. The van der Waals surface area contributed by atoms with E-state index < -0.39 is 0 Å². The Kier molecular flexibility index (Phi) is 5.49. The molecule has 1 aliphatic heterocycles. The van der Waals surface area contributed by atoms with Crippen molar-refractivity contribution in [3.05, 3.63) is 76.5 Å². The first-order valence-corrected chi connectivity index (χ1v) is 10.1. The second-order valence-corrected chi connectivity index (χ2v) is 7.69. The highest BCUT2D eigenvalue weighted by molar-refractivity contribution is 9.10. The van der Waals surface area contributed by atoms with Gasteiger partial charge in [0.25, 0.3) is 0 Å². The zero-order chi connectivity index (χ0) is 20.4. The molecule has 1 atom stereocenters. The topological polar surface area (TPSA) is 55.7 Å². The third-order valence-corrected chi connectivity index (χ3v) is 5.65. The SMILES string of the molecule is COc1ccc(NC(=O)N2CCn3cccc3[C@H]2c2ccc(Br)cc2)cc1OC. The summed E-state index contributed by atoms with van der Waals surface area (Å²) in [6.45, 7) is 1.37. The van der Waals surface area contributed by atoms with Gasteiger partial charge in [0.1, 0.15) is 0 Å². The number of aromatic nitrogens is 1. The van der Waals surface area contributed by atoms with Gasteiger partial charge in [0.05, 0.1) is 20.3 Å². The van der Waals surface area contributed by atoms with E-state index in [1.54, 1.807) is 32.4 Å². The lowest BCUT2D eigenvalue weighted by Gasteiger charge is -2.37. The molecule has 2 heterocycles. The van der Waals surface area contributed by atoms with Crippen LogP contribution in [0, 0.1) is 0 Å². The minimum Gasteiger partial charge on any atom is -0.493 e. The molecule has 0 unspecified atom stereocenters. The molecule has 7 heteroatoms. The van der Waals surface area contributed by atoms with Crippen LogP contribution < -0.4 is 14.8 Å². The van der Waals surface area contributed by atoms with Gasteiger partial charge in [-0.1, -0.05) is 28.1 Å². The number of benzene rings is 2. The first-order chi connectivity index (χ1) is 14.1. The number of anilines is 1. The van der Waals surface area contributed by atoms with E-state index in [0.29, 0.717) is 23.7 Å². The van der Waals surface area contributed by atoms with Crippen LogP contribution >= 0.6 is 15.9 Å². The van der Waals surface area contributed by atoms with E-state index in [4.69, 9.17) is 9.47 Å². The molecule has 29 heavy (non-hydrogen) atoms. The fourth-order valence-corrected chi connectivity index (χ4v) is 3.97. The summed E-state index contributed by atoms with van der Waals surface area (Å²) in [6, 6.07) is 17.2. The van der Waals surface area contributed by atoms with Crippen molar-refractivity contribution in [2.24, 2.45) is 0 Å². The van der Waals surface area contributed by atoms with Gasteiger partial charge in [0.15, 0.2) is 11.5 Å². The Bertz CT molecular complexity index is 1020. The summed E-state index contributed by atoms with van der Waals surface area (Å²) in [6.07, 6.45) is 2.06. The summed E-state index contributed by atoms with van der Waals surface area (Å²) in [5.41, 5.74) is 2.82. The van der Waals surface area contributed by atoms with Gasteiger partial charge in [-0.15, -0.1) is 0 Å². The van der Waals surface area contributed by atoms with Crippen molar-refractivity contribution in [1.29, 1.82) is 0 Å². The molecule has 0 spiro atoms. The lowest BCUT2D eigenvalue weighted by molar-refractivity contribution is 0.182. The Morgan fingerprint density at radius 1 is 1.03 bits per heavy atom. The number of rotatable bonds is 4. The smallest absolute Gasteiger partial charge is 0.322 e. The second-order valence-electron chi connectivity index (χ2n) is 6.77. The molecule has 0 saturated carbocycles. The molecule has 2 amide bonds. The number of carbonyl (C=O) groups is 1. The minimum atomic E-state index is -0.160. The highest BCUT2D eigenvalue weighted by atomic mass is 79.9. The van der Waals surface area contributed by atoms with Gasteiger partial charge >= 0.3 is 6.03 Å². The molecular weight excluding hydrogens is 434 g/mol. The molecule has 0 bridgehead atoms. The number of methoxy groups -OCH3 is 2. The molecule has 150 valence electrons. The fraction of sp³-hybridized carbons (Fsp3) is 0.227. The van der Waals surface area contributed by atoms with Gasteiger partial charge in [-0.25, -0.2) is 4.79 Å². The average Bonchev–Trinajstić information content (AvgIpc) is 3.22. The number of nitrogens with zero attached hydrogens (tertiary/aromatic N) is 2. The molecule has 1 aromatic heterocycles. The molecule has 0 aliphatic carbocycles. The van der Waals surface area contributed by atoms with Crippen molar-refractivity contribution < 1.29 is 14.3 Å². The monoisotopic (exact) mass is 455 g/mol. The molecule has 6 nitrogen and oxygen atoms in total. The van der Waals surface area contributed by atoms with Gasteiger partial charge in [0.2, 0.25) is 0 Å². The Morgan fingerprint density at radius 2 is 1.79 bits per heavy atom. The number of fused-ring (bicyclic) bond motifs is 1. The van der Waals surface area contributed by atoms with Crippen molar-refractivity contribution in [1.82, 2.24) is 9.47 Å². The zero-order valence-corrected chi connectivity index (χ0v) is 17.8. The summed E-state index contributed by atoms with van der Waals surface area (Å²) in [5, 5.41) is 3.00. The van der Waals surface area contributed by atoms with E-state index >= 15 is 0 Å². The fourth-order valence-electron chi connectivity index (χ4n) is 3.71. The molecule has 0 saturated heterocycles. The van der Waals surface area contributed by atoms with Crippen LogP contribution in [0.3, 0.4) is 0 Å². The van der Waals surface area contributed by atoms with Crippen LogP contribution in [-0.2, 0) is 6.54 Å². The lowest BCUT2D eigenvalue weighted by atomic mass is 10.0. The Hall–Kier alpha value is -2.93. The zero-order valence-electron chi connectivity index (χ0n) is 16.3. The van der Waals surface area contributed by atoms with E-state index in [2.05, 4.69) is 38.1 Å². The Balaban J connectivity index is 1.64. The maximum atomic E-state index is 13.2. The van der Waals surface area contributed by atoms with Gasteiger partial charge < -0.3 is 24.3 Å². The number of halogens is 1. The minimum absolute atomic E-state index is 0.155. The Labute approximate surface area is 178 Å². The summed E-state index contributed by atoms with van der Waals surface area (Å²) in [7, 11) is 3.16. The molecule has 1 N–H and O–H groups in total. The van der Waals surface area contributed by atoms with Crippen LogP contribution in [0.25, 0.3) is 0 Å². The maximum Gasteiger partial charge on any atom is 0.322 e. The molecule has 0 fully saturated rings. The normalized spacial score (nSPS) is 15.6. The van der Waals surface area contributed by atoms with E-state index in [1.165, 1.54) is 0 Å². The molecule has 4 rings (SSSR count). The molecule has 0 radical (unpaired) electrons. The van der Waals surface area contributed by atoms with Crippen molar-refractivity contribution >= 4 is 27.6 Å². The van der Waals surface area contributed by atoms with Crippen molar-refractivity contribution in [2.75, 3.05) is 26.1 Å². The molecule has 3 aromatic rings. The second kappa shape index (κ2) is 8.21. The predicted molar refractivity (Wildman–Crippen MR) is 116 cm³/mol. The van der Waals surface area contributed by atoms with Gasteiger partial charge in [-0.2, -0.15) is 0 Å². The highest BCUT2D eigenvalue weighted by Gasteiger charge is 2.32. The largest absolute Gasteiger partial charge is 0.493 e. The number of hydrogen-bond acceptors (Lipinski definition) is 3. The number of ether oxygens (including phenoxy) is 2. The average molecular weight is 456 g/mol. The van der Waals surface area contributed by atoms with Gasteiger partial charge in [-0.05, 0) is 42.0 Å². The predicted octanol–water partition coefficient (Wildman–Crippen LogP) is 4.90. The third kappa shape index (κ3) is 3.82. The van der Waals surface area contributed by atoms with Gasteiger partial charge in [0, 0.05) is 41.2 Å². The first kappa shape index (κ1) is 19.4. The number of carbonyl (C=O) groups excluding carboxylic acids is 1. The molecule has 2 aromatic carbocycles. The highest BCUT2D eigenvalue weighted by Crippen LogP contribution is 2.34. The number of amides is 2. The van der Waals surface area contributed by atoms with Crippen LogP contribution in [0.4, 0.5) is 10.5 Å². The van der Waals surface area contributed by atoms with Crippen LogP contribution in [0.5, 0.6) is 11.5 Å². The van der Waals surface area contributed by atoms with Crippen molar-refractivity contribution in [3.63, 3.8) is 0 Å². The van der Waals surface area contributed by atoms with Crippen LogP contribution in [0.1, 0.15) is 17.3 Å². The van der Waals surface area contributed by atoms with Crippen molar-refractivity contribution in [3.8, 4) is 11.5 Å². The maximum absolute atomic E-state index is 13.2. The van der Waals surface area contributed by atoms with Crippen LogP contribution in [0.15, 0.2) is 65.3 Å².